The summed E-state index contributed by atoms with van der Waals surface area (Å²) in [4.78, 5) is 11.9. The molecule has 1 heterocycles. The van der Waals surface area contributed by atoms with Crippen molar-refractivity contribution >= 4 is 5.91 Å². The highest BCUT2D eigenvalue weighted by atomic mass is 16.5. The number of nitrogens with one attached hydrogen (secondary N) is 1. The Kier molecular flexibility index (Phi) is 5.07. The number of amides is 1. The summed E-state index contributed by atoms with van der Waals surface area (Å²) >= 11 is 0. The molecule has 2 aromatic carbocycles. The lowest BCUT2D eigenvalue weighted by Gasteiger charge is -2.07. The highest BCUT2D eigenvalue weighted by Crippen LogP contribution is 2.16. The number of para-hydroxylation sites is 2. The van der Waals surface area contributed by atoms with Crippen LogP contribution in [0.5, 0.6) is 5.75 Å². The van der Waals surface area contributed by atoms with Gasteiger partial charge in [0, 0.05) is 18.3 Å². The number of hydrogen-bond donors (Lipinski definition) is 1. The summed E-state index contributed by atoms with van der Waals surface area (Å²) in [7, 11) is 0. The monoisotopic (exact) mass is 332 g/mol. The highest BCUT2D eigenvalue weighted by Gasteiger charge is 2.07. The molecule has 0 unspecified atom stereocenters. The molecule has 1 N–H and O–H groups in total. The molecular weight excluding hydrogens is 316 g/mol. The van der Waals surface area contributed by atoms with Gasteiger partial charge in [0.05, 0.1) is 17.4 Å². The molecule has 0 aliphatic rings. The number of ether oxygens (including phenoxy) is 1. The summed E-state index contributed by atoms with van der Waals surface area (Å²) in [6.07, 6.45) is 3.57. The minimum atomic E-state index is -0.264. The number of carbonyl (C=O) groups is 1. The highest BCUT2D eigenvalue weighted by molar-refractivity contribution is 5.77. The van der Waals surface area contributed by atoms with Gasteiger partial charge in [-0.1, -0.05) is 30.3 Å². The van der Waals surface area contributed by atoms with Crippen molar-refractivity contribution in [1.82, 2.24) is 15.1 Å². The maximum absolute atomic E-state index is 11.9. The summed E-state index contributed by atoms with van der Waals surface area (Å²) in [6, 6.07) is 18.6. The molecule has 1 amide bonds. The first-order chi connectivity index (χ1) is 12.3. The summed E-state index contributed by atoms with van der Waals surface area (Å²) in [6.45, 7) is 0.209. The number of nitrogens with zero attached hydrogens (tertiary/aromatic N) is 3. The standard InChI is InChI=1S/C19H16N4O2/c20-10-16-6-4-5-9-18(16)25-14-19(24)21-11-15-12-22-23(13-15)17-7-2-1-3-8-17/h1-9,12-13H,11,14H2,(H,21,24). The predicted molar refractivity (Wildman–Crippen MR) is 92.1 cm³/mol. The molecule has 0 aliphatic heterocycles. The van der Waals surface area contributed by atoms with Crippen molar-refractivity contribution in [3.05, 3.63) is 78.1 Å². The van der Waals surface area contributed by atoms with Crippen LogP contribution in [0.25, 0.3) is 5.69 Å². The third-order valence-electron chi connectivity index (χ3n) is 3.51. The van der Waals surface area contributed by atoms with Crippen LogP contribution in [0, 0.1) is 11.3 Å². The molecule has 3 rings (SSSR count). The van der Waals surface area contributed by atoms with Crippen LogP contribution in [0.1, 0.15) is 11.1 Å². The average molecular weight is 332 g/mol. The zero-order chi connectivity index (χ0) is 17.5. The third-order valence-corrected chi connectivity index (χ3v) is 3.51. The van der Waals surface area contributed by atoms with E-state index in [1.807, 2.05) is 42.6 Å². The van der Waals surface area contributed by atoms with Gasteiger partial charge in [-0.2, -0.15) is 10.4 Å². The fourth-order valence-corrected chi connectivity index (χ4v) is 2.25. The maximum atomic E-state index is 11.9. The third kappa shape index (κ3) is 4.24. The second-order valence-electron chi connectivity index (χ2n) is 5.30. The Balaban J connectivity index is 1.51. The largest absolute Gasteiger partial charge is 0.482 e. The van der Waals surface area contributed by atoms with Crippen LogP contribution in [0.15, 0.2) is 67.0 Å². The van der Waals surface area contributed by atoms with Gasteiger partial charge in [0.15, 0.2) is 6.61 Å². The van der Waals surface area contributed by atoms with Gasteiger partial charge in [-0.25, -0.2) is 4.68 Å². The van der Waals surface area contributed by atoms with Crippen molar-refractivity contribution in [3.63, 3.8) is 0 Å². The molecule has 6 nitrogen and oxygen atoms in total. The Morgan fingerprint density at radius 1 is 1.16 bits per heavy atom. The lowest BCUT2D eigenvalue weighted by Crippen LogP contribution is -2.28. The number of benzene rings is 2. The SMILES string of the molecule is N#Cc1ccccc1OCC(=O)NCc1cnn(-c2ccccc2)c1. The van der Waals surface area contributed by atoms with Crippen LogP contribution in [0.2, 0.25) is 0 Å². The Morgan fingerprint density at radius 2 is 1.92 bits per heavy atom. The van der Waals surface area contributed by atoms with E-state index in [0.717, 1.165) is 11.3 Å². The predicted octanol–water partition coefficient (Wildman–Crippen LogP) is 2.44. The Bertz CT molecular complexity index is 897. The van der Waals surface area contributed by atoms with Crippen LogP contribution in [-0.4, -0.2) is 22.3 Å². The fraction of sp³-hybridized carbons (Fsp3) is 0.105. The molecule has 1 aromatic heterocycles. The molecule has 6 heteroatoms. The van der Waals surface area contributed by atoms with E-state index in [9.17, 15) is 4.79 Å². The first-order valence-corrected chi connectivity index (χ1v) is 7.74. The average Bonchev–Trinajstić information content (AvgIpc) is 3.14. The van der Waals surface area contributed by atoms with Crippen molar-refractivity contribution < 1.29 is 9.53 Å². The minimum absolute atomic E-state index is 0.147. The lowest BCUT2D eigenvalue weighted by atomic mass is 10.2. The van der Waals surface area contributed by atoms with Crippen LogP contribution in [0.4, 0.5) is 0 Å². The van der Waals surface area contributed by atoms with E-state index in [-0.39, 0.29) is 12.5 Å². The smallest absolute Gasteiger partial charge is 0.258 e. The molecule has 0 saturated heterocycles. The Morgan fingerprint density at radius 3 is 2.72 bits per heavy atom. The quantitative estimate of drug-likeness (QED) is 0.752. The number of nitriles is 1. The van der Waals surface area contributed by atoms with E-state index >= 15 is 0 Å². The zero-order valence-corrected chi connectivity index (χ0v) is 13.4. The van der Waals surface area contributed by atoms with Crippen molar-refractivity contribution in [2.75, 3.05) is 6.61 Å². The van der Waals surface area contributed by atoms with Crippen molar-refractivity contribution in [3.8, 4) is 17.5 Å². The number of rotatable bonds is 6. The first-order valence-electron chi connectivity index (χ1n) is 7.74. The Labute approximate surface area is 145 Å². The van der Waals surface area contributed by atoms with Gasteiger partial charge < -0.3 is 10.1 Å². The molecule has 0 radical (unpaired) electrons. The molecule has 0 saturated carbocycles. The van der Waals surface area contributed by atoms with Gasteiger partial charge in [0.2, 0.25) is 0 Å². The van der Waals surface area contributed by atoms with E-state index < -0.39 is 0 Å². The van der Waals surface area contributed by atoms with Gasteiger partial charge >= 0.3 is 0 Å². The van der Waals surface area contributed by atoms with E-state index in [1.165, 1.54) is 0 Å². The van der Waals surface area contributed by atoms with Gasteiger partial charge in [-0.3, -0.25) is 4.79 Å². The van der Waals surface area contributed by atoms with E-state index in [2.05, 4.69) is 10.4 Å². The van der Waals surface area contributed by atoms with Crippen molar-refractivity contribution in [1.29, 1.82) is 5.26 Å². The molecule has 0 aliphatic carbocycles. The number of carbonyl (C=O) groups excluding carboxylic acids is 1. The molecule has 124 valence electrons. The van der Waals surface area contributed by atoms with E-state index in [4.69, 9.17) is 10.00 Å². The molecule has 3 aromatic rings. The van der Waals surface area contributed by atoms with E-state index in [0.29, 0.717) is 17.9 Å². The molecule has 25 heavy (non-hydrogen) atoms. The molecule has 0 fully saturated rings. The summed E-state index contributed by atoms with van der Waals surface area (Å²) in [5.74, 6) is 0.136. The van der Waals surface area contributed by atoms with Gasteiger partial charge in [0.25, 0.3) is 5.91 Å². The molecular formula is C19H16N4O2. The summed E-state index contributed by atoms with van der Waals surface area (Å²) < 4.78 is 7.15. The first kappa shape index (κ1) is 16.3. The second-order valence-corrected chi connectivity index (χ2v) is 5.30. The van der Waals surface area contributed by atoms with Gasteiger partial charge in [-0.15, -0.1) is 0 Å². The van der Waals surface area contributed by atoms with Crippen molar-refractivity contribution in [2.45, 2.75) is 6.54 Å². The van der Waals surface area contributed by atoms with Crippen molar-refractivity contribution in [2.24, 2.45) is 0 Å². The summed E-state index contributed by atoms with van der Waals surface area (Å²) in [5, 5.41) is 16.0. The number of hydrogen-bond acceptors (Lipinski definition) is 4. The fourth-order valence-electron chi connectivity index (χ4n) is 2.25. The number of aromatic nitrogens is 2. The normalized spacial score (nSPS) is 10.0. The molecule has 0 spiro atoms. The van der Waals surface area contributed by atoms with E-state index in [1.54, 1.807) is 35.1 Å². The second kappa shape index (κ2) is 7.79. The van der Waals surface area contributed by atoms with Crippen LogP contribution >= 0.6 is 0 Å². The topological polar surface area (TPSA) is 79.9 Å². The van der Waals surface area contributed by atoms with Crippen LogP contribution in [0.3, 0.4) is 0 Å². The summed E-state index contributed by atoms with van der Waals surface area (Å²) in [5.41, 5.74) is 2.24. The lowest BCUT2D eigenvalue weighted by molar-refractivity contribution is -0.123. The van der Waals surface area contributed by atoms with Gasteiger partial charge in [0.1, 0.15) is 11.8 Å². The minimum Gasteiger partial charge on any atom is -0.482 e. The zero-order valence-electron chi connectivity index (χ0n) is 13.4. The maximum Gasteiger partial charge on any atom is 0.258 e. The Hall–Kier alpha value is -3.59. The van der Waals surface area contributed by atoms with Gasteiger partial charge in [-0.05, 0) is 24.3 Å². The molecule has 0 atom stereocenters. The molecule has 0 bridgehead atoms. The van der Waals surface area contributed by atoms with Crippen LogP contribution in [-0.2, 0) is 11.3 Å². The van der Waals surface area contributed by atoms with Crippen LogP contribution < -0.4 is 10.1 Å².